The van der Waals surface area contributed by atoms with Gasteiger partial charge in [-0.3, -0.25) is 4.55 Å². The Kier molecular flexibility index (Phi) is 18.3. The number of phenolic OH excluding ortho intramolecular Hbond substituents is 1. The van der Waals surface area contributed by atoms with Gasteiger partial charge in [0.25, 0.3) is 10.1 Å². The predicted molar refractivity (Wildman–Crippen MR) is 272 cm³/mol. The fraction of sp³-hybridized carbons (Fsp3) is 0.300. The number of nitrogens with two attached hydrogens (primary N) is 1. The molecule has 0 radical (unpaired) electrons. The van der Waals surface area contributed by atoms with Gasteiger partial charge in [-0.15, -0.1) is 20.5 Å². The molecule has 0 amide bonds. The number of azo groups is 2. The molecule has 0 bridgehead atoms. The molecule has 78 heavy (non-hydrogen) atoms. The first-order chi connectivity index (χ1) is 36.1. The van der Waals surface area contributed by atoms with E-state index < -0.39 is 140 Å². The molecular weight excluding hydrogens is 1160 g/mol. The number of nitrogen functional groups attached to an aromatic ring is 1. The van der Waals surface area contributed by atoms with Gasteiger partial charge >= 0.3 is 0 Å². The second kappa shape index (κ2) is 23.7. The largest absolute Gasteiger partial charge is 0.744 e. The standard InChI is InChI=1S/C40H45Cl2N15O17S4/c1-17(58)13-56(14-18(2)59)39-48-35(41)46-37(50-39)44-22-5-7-26(75(63,64)65)24(11-22)52-54-32-28(77(69,70)71)9-21-10-29(78(72,73)74)33(34(62)30(21)31(32)43)55-53-25-12-23(6-8-27(25)76(66,67)68)45-38-47-36(42)49-40(51-38)57(15-19(3)60)16-20(4)61/h5-12,17-20,58-62H,13-16,43H2,1-4H3,(H,63,64,65)(H,66,67,68)(H,69,70,71)(H,72,73,74)(H,44,46,48,50)(H,45,47,49,51)/p-3. The normalized spacial score (nSPS) is 14.2. The number of rotatable bonds is 22. The molecular formula is C40H42Cl2N15O17S4-3. The van der Waals surface area contributed by atoms with E-state index >= 15 is 0 Å². The van der Waals surface area contributed by atoms with Gasteiger partial charge in [0.15, 0.2) is 5.75 Å². The lowest BCUT2D eigenvalue weighted by atomic mass is 10.1. The summed E-state index contributed by atoms with van der Waals surface area (Å²) in [6.45, 7) is 5.47. The number of nitrogens with zero attached hydrogens (tertiary/aromatic N) is 12. The van der Waals surface area contributed by atoms with Crippen molar-refractivity contribution in [2.45, 2.75) is 71.7 Å². The molecule has 38 heteroatoms. The van der Waals surface area contributed by atoms with Gasteiger partial charge in [0.1, 0.15) is 58.0 Å². The summed E-state index contributed by atoms with van der Waals surface area (Å²) < 4.78 is 149. The number of nitrogens with one attached hydrogen (secondary N) is 2. The van der Waals surface area contributed by atoms with Crippen LogP contribution in [0.1, 0.15) is 27.7 Å². The summed E-state index contributed by atoms with van der Waals surface area (Å²) in [6.07, 6.45) is -3.77. The Hall–Kier alpha value is -6.78. The first-order valence-electron chi connectivity index (χ1n) is 21.8. The van der Waals surface area contributed by atoms with E-state index in [0.717, 1.165) is 36.4 Å². The summed E-state index contributed by atoms with van der Waals surface area (Å²) in [5, 5.41) is 69.4. The highest BCUT2D eigenvalue weighted by Crippen LogP contribution is 2.49. The van der Waals surface area contributed by atoms with Crippen LogP contribution in [0.4, 0.5) is 63.6 Å². The number of aromatic hydroxyl groups is 1. The van der Waals surface area contributed by atoms with Crippen LogP contribution in [-0.2, 0) is 40.5 Å². The van der Waals surface area contributed by atoms with Gasteiger partial charge < -0.3 is 65.4 Å². The highest BCUT2D eigenvalue weighted by Gasteiger charge is 2.26. The number of hydrogen-bond donors (Lipinski definition) is 9. The summed E-state index contributed by atoms with van der Waals surface area (Å²) >= 11 is 12.3. The maximum absolute atomic E-state index is 12.7. The molecule has 0 saturated carbocycles. The van der Waals surface area contributed by atoms with Crippen molar-refractivity contribution in [1.29, 1.82) is 0 Å². The lowest BCUT2D eigenvalue weighted by Gasteiger charge is -2.25. The SMILES string of the molecule is CC(O)CN(CC(C)O)c1nc(Cl)nc(Nc2ccc(S(=O)(=O)[O-])c(N=Nc3c(S(=O)(=O)[O-])cc4cc(S(=O)(=O)[O-])c(N=Nc5cc(Nc6nc(Cl)nc(N(CC(C)O)CC(C)O)n6)ccc5S(=O)(=O)O)c(O)c4c3N)c2)n1. The van der Waals surface area contributed by atoms with Gasteiger partial charge in [-0.25, -0.2) is 25.3 Å². The van der Waals surface area contributed by atoms with Crippen molar-refractivity contribution in [2.24, 2.45) is 20.5 Å². The van der Waals surface area contributed by atoms with Crippen molar-refractivity contribution >= 4 is 138 Å². The Balaban J connectivity index is 1.48. The van der Waals surface area contributed by atoms with Crippen molar-refractivity contribution in [2.75, 3.05) is 52.3 Å². The molecule has 2 heterocycles. The number of hydrogen-bond acceptors (Lipinski definition) is 31. The smallest absolute Gasteiger partial charge is 0.296 e. The first-order valence-corrected chi connectivity index (χ1v) is 28.2. The Morgan fingerprint density at radius 2 is 0.936 bits per heavy atom. The average molecular weight is 1200 g/mol. The molecule has 6 aromatic rings. The van der Waals surface area contributed by atoms with E-state index in [4.69, 9.17) is 28.9 Å². The van der Waals surface area contributed by atoms with E-state index in [1.54, 1.807) is 0 Å². The van der Waals surface area contributed by atoms with Gasteiger partial charge in [0, 0.05) is 37.6 Å². The number of phenols is 1. The van der Waals surface area contributed by atoms with E-state index in [-0.39, 0.29) is 61.3 Å². The third-order valence-electron chi connectivity index (χ3n) is 10.0. The molecule has 32 nitrogen and oxygen atoms in total. The Morgan fingerprint density at radius 3 is 1.32 bits per heavy atom. The summed E-state index contributed by atoms with van der Waals surface area (Å²) in [7, 11) is -22.3. The van der Waals surface area contributed by atoms with Crippen LogP contribution < -0.4 is 26.2 Å². The fourth-order valence-electron chi connectivity index (χ4n) is 7.16. The van der Waals surface area contributed by atoms with E-state index in [0.29, 0.717) is 12.1 Å². The quantitative estimate of drug-likeness (QED) is 0.0268. The Bertz CT molecular complexity index is 3560. The van der Waals surface area contributed by atoms with Crippen molar-refractivity contribution in [1.82, 2.24) is 29.9 Å². The van der Waals surface area contributed by atoms with Crippen molar-refractivity contribution in [3.8, 4) is 5.75 Å². The minimum absolute atomic E-state index is 0.0808. The molecule has 4 atom stereocenters. The second-order valence-electron chi connectivity index (χ2n) is 16.8. The Labute approximate surface area is 452 Å². The van der Waals surface area contributed by atoms with Crippen LogP contribution in [0.15, 0.2) is 88.6 Å². The lowest BCUT2D eigenvalue weighted by Crippen LogP contribution is -2.37. The summed E-state index contributed by atoms with van der Waals surface area (Å²) in [5.74, 6) is -2.32. The van der Waals surface area contributed by atoms with Crippen LogP contribution >= 0.6 is 23.2 Å². The number of anilines is 7. The molecule has 4 unspecified atom stereocenters. The van der Waals surface area contributed by atoms with E-state index in [9.17, 15) is 77.4 Å². The van der Waals surface area contributed by atoms with Crippen LogP contribution in [0.5, 0.6) is 5.75 Å². The third kappa shape index (κ3) is 15.3. The number of aliphatic hydroxyl groups is 4. The Morgan fingerprint density at radius 1 is 0.564 bits per heavy atom. The minimum Gasteiger partial charge on any atom is -0.744 e. The maximum atomic E-state index is 12.7. The van der Waals surface area contributed by atoms with Gasteiger partial charge in [-0.2, -0.15) is 38.3 Å². The molecule has 0 aliphatic heterocycles. The van der Waals surface area contributed by atoms with Crippen LogP contribution in [0, 0.1) is 0 Å². The van der Waals surface area contributed by atoms with E-state index in [1.165, 1.54) is 37.5 Å². The van der Waals surface area contributed by atoms with Crippen LogP contribution in [-0.4, -0.2) is 158 Å². The minimum atomic E-state index is -5.81. The second-order valence-corrected chi connectivity index (χ2v) is 22.9. The maximum Gasteiger partial charge on any atom is 0.296 e. The number of halogens is 2. The molecule has 0 aliphatic carbocycles. The summed E-state index contributed by atoms with van der Waals surface area (Å²) in [5.41, 5.74) is 0.802. The van der Waals surface area contributed by atoms with Gasteiger partial charge in [-0.05, 0) is 105 Å². The molecule has 2 aromatic heterocycles. The topological polar surface area (TPSA) is 510 Å². The highest BCUT2D eigenvalue weighted by atomic mass is 35.5. The molecule has 420 valence electrons. The van der Waals surface area contributed by atoms with Gasteiger partial charge in [0.05, 0.1) is 50.2 Å². The monoisotopic (exact) mass is 1200 g/mol. The zero-order valence-corrected chi connectivity index (χ0v) is 45.0. The van der Waals surface area contributed by atoms with E-state index in [1.807, 2.05) is 0 Å². The van der Waals surface area contributed by atoms with Gasteiger partial charge in [-0.1, -0.05) is 0 Å². The fourth-order valence-corrected chi connectivity index (χ4v) is 9.97. The summed E-state index contributed by atoms with van der Waals surface area (Å²) in [6, 6.07) is 6.13. The van der Waals surface area contributed by atoms with Gasteiger partial charge in [0.2, 0.25) is 34.4 Å². The zero-order chi connectivity index (χ0) is 58.0. The van der Waals surface area contributed by atoms with Crippen molar-refractivity contribution in [3.63, 3.8) is 0 Å². The first kappa shape index (κ1) is 60.4. The van der Waals surface area contributed by atoms with Crippen LogP contribution in [0.25, 0.3) is 10.8 Å². The predicted octanol–water partition coefficient (Wildman–Crippen LogP) is 3.22. The van der Waals surface area contributed by atoms with Crippen LogP contribution in [0.3, 0.4) is 0 Å². The van der Waals surface area contributed by atoms with Crippen molar-refractivity contribution < 1.29 is 77.4 Å². The number of aromatic nitrogens is 6. The molecule has 0 saturated heterocycles. The number of fused-ring (bicyclic) bond motifs is 1. The van der Waals surface area contributed by atoms with Crippen molar-refractivity contribution in [3.05, 3.63) is 59.1 Å². The average Bonchev–Trinajstić information content (AvgIpc) is 3.43. The number of aliphatic hydroxyl groups excluding tert-OH is 4. The summed E-state index contributed by atoms with van der Waals surface area (Å²) in [4.78, 5) is 22.1. The molecule has 4 aromatic carbocycles. The van der Waals surface area contributed by atoms with E-state index in [2.05, 4.69) is 61.0 Å². The lowest BCUT2D eigenvalue weighted by molar-refractivity contribution is 0.176. The highest BCUT2D eigenvalue weighted by molar-refractivity contribution is 7.86. The third-order valence-corrected chi connectivity index (χ3v) is 13.9. The number of benzene rings is 4. The molecule has 6 rings (SSSR count). The molecule has 0 spiro atoms. The molecule has 0 aliphatic rings. The van der Waals surface area contributed by atoms with Crippen LogP contribution in [0.2, 0.25) is 10.6 Å². The molecule has 10 N–H and O–H groups in total. The zero-order valence-electron chi connectivity index (χ0n) is 40.3. The molecule has 0 fully saturated rings.